The average Bonchev–Trinajstić information content (AvgIpc) is 2.99. The van der Waals surface area contributed by atoms with Crippen molar-refractivity contribution in [2.45, 2.75) is 19.3 Å². The average molecular weight is 355 g/mol. The van der Waals surface area contributed by atoms with Crippen LogP contribution in [-0.2, 0) is 24.0 Å². The molecule has 0 radical (unpaired) electrons. The predicted molar refractivity (Wildman–Crippen MR) is 85.4 cm³/mol. The molecule has 1 aromatic heterocycles. The second-order valence-corrected chi connectivity index (χ2v) is 5.94. The fourth-order valence-corrected chi connectivity index (χ4v) is 2.83. The van der Waals surface area contributed by atoms with E-state index in [2.05, 4.69) is 10.00 Å². The zero-order chi connectivity index (χ0) is 17.9. The lowest BCUT2D eigenvalue weighted by Gasteiger charge is -2.26. The molecule has 2 aromatic rings. The molecule has 1 fully saturated rings. The molecule has 1 aliphatic rings. The number of benzene rings is 1. The van der Waals surface area contributed by atoms with E-state index in [1.165, 1.54) is 11.8 Å². The van der Waals surface area contributed by atoms with Crippen LogP contribution >= 0.6 is 0 Å². The van der Waals surface area contributed by atoms with Gasteiger partial charge in [0.1, 0.15) is 0 Å². The van der Waals surface area contributed by atoms with E-state index in [1.807, 2.05) is 24.3 Å². The summed E-state index contributed by atoms with van der Waals surface area (Å²) in [6.45, 7) is 4.23. The highest BCUT2D eigenvalue weighted by Gasteiger charge is 2.35. The van der Waals surface area contributed by atoms with E-state index in [4.69, 9.17) is 9.47 Å². The summed E-state index contributed by atoms with van der Waals surface area (Å²) in [4.78, 5) is 2.29. The molecule has 2 heterocycles. The number of morpholine rings is 1. The monoisotopic (exact) mass is 355 g/mol. The molecule has 0 bridgehead atoms. The summed E-state index contributed by atoms with van der Waals surface area (Å²) in [5, 5.41) is 3.63. The minimum atomic E-state index is -4.49. The number of hydrogen-bond donors (Lipinski definition) is 0. The Hall–Kier alpha value is -2.06. The molecule has 0 saturated carbocycles. The Labute approximate surface area is 143 Å². The number of nitrogens with zero attached hydrogens (tertiary/aromatic N) is 3. The molecule has 0 atom stereocenters. The minimum absolute atomic E-state index is 0.0888. The number of alkyl halides is 3. The van der Waals surface area contributed by atoms with Crippen LogP contribution in [0.4, 0.5) is 13.2 Å². The quantitative estimate of drug-likeness (QED) is 0.827. The van der Waals surface area contributed by atoms with Crippen molar-refractivity contribution in [2.24, 2.45) is 0 Å². The lowest BCUT2D eigenvalue weighted by molar-refractivity contribution is -0.141. The molecular formula is C17H20F3N3O2. The van der Waals surface area contributed by atoms with Crippen LogP contribution in [0.15, 0.2) is 30.3 Å². The molecule has 3 rings (SSSR count). The minimum Gasteiger partial charge on any atom is -0.481 e. The van der Waals surface area contributed by atoms with Crippen molar-refractivity contribution < 1.29 is 22.6 Å². The highest BCUT2D eigenvalue weighted by Crippen LogP contribution is 2.31. The topological polar surface area (TPSA) is 39.5 Å². The molecule has 8 heteroatoms. The van der Waals surface area contributed by atoms with E-state index in [9.17, 15) is 13.2 Å². The van der Waals surface area contributed by atoms with E-state index >= 15 is 0 Å². The summed E-state index contributed by atoms with van der Waals surface area (Å²) in [6.07, 6.45) is -4.49. The van der Waals surface area contributed by atoms with Crippen LogP contribution in [-0.4, -0.2) is 48.1 Å². The molecule has 1 saturated heterocycles. The first-order chi connectivity index (χ1) is 12.0. The normalized spacial score (nSPS) is 16.2. The molecule has 25 heavy (non-hydrogen) atoms. The van der Waals surface area contributed by atoms with Crippen molar-refractivity contribution in [2.75, 3.05) is 33.4 Å². The Balaban J connectivity index is 1.74. The third-order valence-electron chi connectivity index (χ3n) is 4.08. The van der Waals surface area contributed by atoms with Crippen LogP contribution in [0.3, 0.4) is 0 Å². The molecule has 1 aromatic carbocycles. The van der Waals surface area contributed by atoms with Gasteiger partial charge in [0.15, 0.2) is 5.69 Å². The highest BCUT2D eigenvalue weighted by molar-refractivity contribution is 5.26. The van der Waals surface area contributed by atoms with Gasteiger partial charge in [-0.3, -0.25) is 4.90 Å². The van der Waals surface area contributed by atoms with Gasteiger partial charge in [-0.15, -0.1) is 0 Å². The van der Waals surface area contributed by atoms with Gasteiger partial charge in [0.05, 0.1) is 26.9 Å². The second kappa shape index (κ2) is 7.45. The van der Waals surface area contributed by atoms with Gasteiger partial charge in [0.25, 0.3) is 0 Å². The Morgan fingerprint density at radius 3 is 2.44 bits per heavy atom. The number of aromatic nitrogens is 2. The Morgan fingerprint density at radius 2 is 1.80 bits per heavy atom. The van der Waals surface area contributed by atoms with Crippen LogP contribution in [0, 0.1) is 0 Å². The summed E-state index contributed by atoms with van der Waals surface area (Å²) >= 11 is 0. The van der Waals surface area contributed by atoms with Gasteiger partial charge < -0.3 is 9.47 Å². The van der Waals surface area contributed by atoms with Gasteiger partial charge >= 0.3 is 6.18 Å². The summed E-state index contributed by atoms with van der Waals surface area (Å²) in [5.74, 6) is 0.0888. The standard InChI is InChI=1S/C17H20F3N3O2/c1-24-16-10-15(17(18,19)20)21-23(16)12-14-4-2-3-13(9-14)11-22-5-7-25-8-6-22/h2-4,9-10H,5-8,11-12H2,1H3. The van der Waals surface area contributed by atoms with E-state index in [0.29, 0.717) is 0 Å². The summed E-state index contributed by atoms with van der Waals surface area (Å²) in [5.41, 5.74) is 1.04. The van der Waals surface area contributed by atoms with Crippen molar-refractivity contribution in [3.8, 4) is 5.88 Å². The first-order valence-electron chi connectivity index (χ1n) is 8.02. The van der Waals surface area contributed by atoms with E-state index < -0.39 is 11.9 Å². The van der Waals surface area contributed by atoms with Gasteiger partial charge in [-0.2, -0.15) is 18.3 Å². The maximum atomic E-state index is 12.8. The third-order valence-corrected chi connectivity index (χ3v) is 4.08. The Bertz CT molecular complexity index is 709. The maximum absolute atomic E-state index is 12.8. The Morgan fingerprint density at radius 1 is 1.12 bits per heavy atom. The zero-order valence-electron chi connectivity index (χ0n) is 13.9. The van der Waals surface area contributed by atoms with Crippen LogP contribution in [0.1, 0.15) is 16.8 Å². The van der Waals surface area contributed by atoms with Crippen LogP contribution < -0.4 is 4.74 Å². The van der Waals surface area contributed by atoms with E-state index in [1.54, 1.807) is 0 Å². The fourth-order valence-electron chi connectivity index (χ4n) is 2.83. The number of ether oxygens (including phenoxy) is 2. The highest BCUT2D eigenvalue weighted by atomic mass is 19.4. The molecule has 0 aliphatic carbocycles. The van der Waals surface area contributed by atoms with Crippen molar-refractivity contribution in [1.82, 2.24) is 14.7 Å². The predicted octanol–water partition coefficient (Wildman–Crippen LogP) is 2.79. The number of rotatable bonds is 5. The van der Waals surface area contributed by atoms with Gasteiger partial charge in [0.2, 0.25) is 5.88 Å². The summed E-state index contributed by atoms with van der Waals surface area (Å²) in [6, 6.07) is 8.70. The first-order valence-corrected chi connectivity index (χ1v) is 8.02. The molecule has 0 N–H and O–H groups in total. The molecule has 5 nitrogen and oxygen atoms in total. The van der Waals surface area contributed by atoms with Crippen molar-refractivity contribution in [3.05, 3.63) is 47.2 Å². The van der Waals surface area contributed by atoms with Crippen molar-refractivity contribution >= 4 is 0 Å². The van der Waals surface area contributed by atoms with E-state index in [0.717, 1.165) is 50.0 Å². The number of hydrogen-bond acceptors (Lipinski definition) is 4. The molecule has 0 spiro atoms. The van der Waals surface area contributed by atoms with Gasteiger partial charge in [-0.1, -0.05) is 24.3 Å². The van der Waals surface area contributed by atoms with Gasteiger partial charge in [-0.25, -0.2) is 4.68 Å². The summed E-state index contributed by atoms with van der Waals surface area (Å²) < 4.78 is 50.1. The molecule has 136 valence electrons. The molecule has 1 aliphatic heterocycles. The zero-order valence-corrected chi connectivity index (χ0v) is 13.9. The largest absolute Gasteiger partial charge is 0.481 e. The molecule has 0 unspecified atom stereocenters. The number of halogens is 3. The maximum Gasteiger partial charge on any atom is 0.435 e. The van der Waals surface area contributed by atoms with Crippen LogP contribution in [0.5, 0.6) is 5.88 Å². The van der Waals surface area contributed by atoms with Gasteiger partial charge in [0, 0.05) is 25.7 Å². The fraction of sp³-hybridized carbons (Fsp3) is 0.471. The molecular weight excluding hydrogens is 335 g/mol. The third kappa shape index (κ3) is 4.52. The summed E-state index contributed by atoms with van der Waals surface area (Å²) in [7, 11) is 1.34. The lowest BCUT2D eigenvalue weighted by Crippen LogP contribution is -2.35. The Kier molecular flexibility index (Phi) is 5.29. The molecule has 0 amide bonds. The first kappa shape index (κ1) is 17.8. The van der Waals surface area contributed by atoms with Crippen molar-refractivity contribution in [1.29, 1.82) is 0 Å². The van der Waals surface area contributed by atoms with E-state index in [-0.39, 0.29) is 12.4 Å². The van der Waals surface area contributed by atoms with Gasteiger partial charge in [-0.05, 0) is 11.1 Å². The lowest BCUT2D eigenvalue weighted by atomic mass is 10.1. The second-order valence-electron chi connectivity index (χ2n) is 5.94. The van der Waals surface area contributed by atoms with Crippen molar-refractivity contribution in [3.63, 3.8) is 0 Å². The van der Waals surface area contributed by atoms with Crippen LogP contribution in [0.2, 0.25) is 0 Å². The SMILES string of the molecule is COc1cc(C(F)(F)F)nn1Cc1cccc(CN2CCOCC2)c1. The van der Waals surface area contributed by atoms with Crippen LogP contribution in [0.25, 0.3) is 0 Å². The smallest absolute Gasteiger partial charge is 0.435 e. The number of methoxy groups -OCH3 is 1.